The molecule has 0 aliphatic carbocycles. The number of pyridine rings is 1. The number of anilines is 1. The summed E-state index contributed by atoms with van der Waals surface area (Å²) in [6, 6.07) is 6.71. The molecule has 25 heavy (non-hydrogen) atoms. The summed E-state index contributed by atoms with van der Waals surface area (Å²) >= 11 is 5.89. The molecule has 0 saturated heterocycles. The molecule has 1 aromatic heterocycles. The first-order valence-electron chi connectivity index (χ1n) is 7.66. The molecule has 2 aromatic rings. The molecule has 136 valence electrons. The van der Waals surface area contributed by atoms with Gasteiger partial charge in [0.15, 0.2) is 0 Å². The zero-order valence-electron chi connectivity index (χ0n) is 14.7. The highest BCUT2D eigenvalue weighted by atomic mass is 35.5. The average Bonchev–Trinajstić information content (AvgIpc) is 2.52. The summed E-state index contributed by atoms with van der Waals surface area (Å²) in [5.74, 6) is 0. The van der Waals surface area contributed by atoms with Crippen LogP contribution in [0.15, 0.2) is 24.3 Å². The number of nitrogens with zero attached hydrogens (tertiary/aromatic N) is 2. The molecule has 0 unspecified atom stereocenters. The molecule has 0 aliphatic rings. The number of carbonyl (C=O) groups is 1. The Morgan fingerprint density at radius 3 is 2.44 bits per heavy atom. The molecule has 2 rings (SSSR count). The number of hydrogen-bond acceptors (Lipinski definition) is 6. The fraction of sp³-hybridized carbons (Fsp3) is 0.375. The summed E-state index contributed by atoms with van der Waals surface area (Å²) in [6.45, 7) is 9.11. The second-order valence-corrected chi connectivity index (χ2v) is 6.01. The quantitative estimate of drug-likeness (QED) is 0.463. The Labute approximate surface area is 150 Å². The van der Waals surface area contributed by atoms with Gasteiger partial charge in [0.2, 0.25) is 5.15 Å². The Hall–Kier alpha value is -2.61. The number of nitro groups is 1. The van der Waals surface area contributed by atoms with Crippen LogP contribution >= 0.6 is 11.6 Å². The van der Waals surface area contributed by atoms with Gasteiger partial charge < -0.3 is 4.74 Å². The third kappa shape index (κ3) is 5.46. The number of hydrazine groups is 1. The highest BCUT2D eigenvalue weighted by molar-refractivity contribution is 6.33. The number of amides is 1. The third-order valence-corrected chi connectivity index (χ3v) is 2.96. The number of ether oxygens (including phenoxy) is 1. The number of aromatic nitrogens is 1. The van der Waals surface area contributed by atoms with Crippen molar-refractivity contribution >= 4 is 40.0 Å². The van der Waals surface area contributed by atoms with Crippen molar-refractivity contribution in [3.63, 3.8) is 0 Å². The molecule has 2 N–H and O–H groups in total. The van der Waals surface area contributed by atoms with E-state index in [2.05, 4.69) is 15.8 Å². The van der Waals surface area contributed by atoms with Gasteiger partial charge in [0.05, 0.1) is 10.4 Å². The lowest BCUT2D eigenvalue weighted by atomic mass is 10.1. The maximum absolute atomic E-state index is 11.7. The number of benzene rings is 1. The van der Waals surface area contributed by atoms with Crippen molar-refractivity contribution in [2.24, 2.45) is 0 Å². The molecule has 9 heteroatoms. The Morgan fingerprint density at radius 1 is 1.28 bits per heavy atom. The summed E-state index contributed by atoms with van der Waals surface area (Å²) in [6.07, 6.45) is -0.774. The van der Waals surface area contributed by atoms with Crippen LogP contribution in [0.2, 0.25) is 5.15 Å². The molecular weight excluding hydrogens is 348 g/mol. The first-order valence-corrected chi connectivity index (χ1v) is 8.04. The first kappa shape index (κ1) is 20.4. The first-order chi connectivity index (χ1) is 11.7. The van der Waals surface area contributed by atoms with Crippen molar-refractivity contribution in [1.29, 1.82) is 0 Å². The fourth-order valence-electron chi connectivity index (χ4n) is 1.88. The summed E-state index contributed by atoms with van der Waals surface area (Å²) < 4.78 is 5.07. The van der Waals surface area contributed by atoms with Crippen molar-refractivity contribution in [1.82, 2.24) is 10.4 Å². The Balaban J connectivity index is 0.00000151. The molecule has 0 radical (unpaired) electrons. The predicted octanol–water partition coefficient (Wildman–Crippen LogP) is 4.67. The van der Waals surface area contributed by atoms with Gasteiger partial charge in [-0.05, 0) is 26.8 Å². The zero-order valence-corrected chi connectivity index (χ0v) is 15.5. The molecule has 0 bridgehead atoms. The van der Waals surface area contributed by atoms with Crippen LogP contribution in [-0.2, 0) is 4.74 Å². The topological polar surface area (TPSA) is 106 Å². The third-order valence-electron chi connectivity index (χ3n) is 2.70. The maximum Gasteiger partial charge on any atom is 0.426 e. The van der Waals surface area contributed by atoms with Crippen LogP contribution in [-0.4, -0.2) is 21.6 Å². The van der Waals surface area contributed by atoms with Crippen LogP contribution in [0.5, 0.6) is 0 Å². The number of nitrogens with one attached hydrogen (secondary N) is 2. The van der Waals surface area contributed by atoms with Crippen molar-refractivity contribution in [2.45, 2.75) is 40.2 Å². The van der Waals surface area contributed by atoms with Crippen molar-refractivity contribution < 1.29 is 14.5 Å². The minimum atomic E-state index is -0.774. The molecule has 0 atom stereocenters. The normalized spacial score (nSPS) is 10.5. The van der Waals surface area contributed by atoms with Crippen LogP contribution < -0.4 is 10.9 Å². The lowest BCUT2D eigenvalue weighted by Crippen LogP contribution is -2.36. The summed E-state index contributed by atoms with van der Waals surface area (Å²) in [4.78, 5) is 26.3. The number of rotatable bonds is 3. The van der Waals surface area contributed by atoms with E-state index in [9.17, 15) is 14.9 Å². The molecule has 0 fully saturated rings. The average molecular weight is 369 g/mol. The van der Waals surface area contributed by atoms with E-state index >= 15 is 0 Å². The van der Waals surface area contributed by atoms with Gasteiger partial charge in [-0.15, -0.1) is 0 Å². The SMILES string of the molecule is CC.CC(C)(C)OC(=O)NNc1c([N+](=O)[O-])c(Cl)nc2ccccc12. The molecule has 1 amide bonds. The predicted molar refractivity (Wildman–Crippen MR) is 97.7 cm³/mol. The number of hydrogen-bond donors (Lipinski definition) is 2. The van der Waals surface area contributed by atoms with Gasteiger partial charge in [0.1, 0.15) is 11.3 Å². The summed E-state index contributed by atoms with van der Waals surface area (Å²) in [5.41, 5.74) is 4.14. The molecule has 8 nitrogen and oxygen atoms in total. The van der Waals surface area contributed by atoms with Crippen LogP contribution in [0.25, 0.3) is 10.9 Å². The lowest BCUT2D eigenvalue weighted by molar-refractivity contribution is -0.384. The zero-order chi connectivity index (χ0) is 19.2. The second kappa shape index (κ2) is 8.48. The van der Waals surface area contributed by atoms with E-state index in [4.69, 9.17) is 16.3 Å². The van der Waals surface area contributed by atoms with E-state index in [-0.39, 0.29) is 10.8 Å². The smallest absolute Gasteiger partial charge is 0.426 e. The maximum atomic E-state index is 11.7. The Morgan fingerprint density at radius 2 is 1.88 bits per heavy atom. The number of para-hydroxylation sites is 1. The van der Waals surface area contributed by atoms with E-state index < -0.39 is 22.3 Å². The molecule has 1 aromatic carbocycles. The fourth-order valence-corrected chi connectivity index (χ4v) is 2.14. The minimum Gasteiger partial charge on any atom is -0.443 e. The van der Waals surface area contributed by atoms with E-state index in [1.165, 1.54) is 0 Å². The Bertz CT molecular complexity index is 775. The van der Waals surface area contributed by atoms with Gasteiger partial charge in [-0.1, -0.05) is 43.6 Å². The van der Waals surface area contributed by atoms with E-state index in [1.54, 1.807) is 45.0 Å². The molecule has 1 heterocycles. The van der Waals surface area contributed by atoms with Gasteiger partial charge in [-0.3, -0.25) is 15.5 Å². The molecular formula is C16H21ClN4O4. The lowest BCUT2D eigenvalue weighted by Gasteiger charge is -2.20. The molecule has 0 saturated carbocycles. The van der Waals surface area contributed by atoms with Crippen LogP contribution in [0.3, 0.4) is 0 Å². The van der Waals surface area contributed by atoms with Crippen LogP contribution in [0.1, 0.15) is 34.6 Å². The van der Waals surface area contributed by atoms with Crippen molar-refractivity contribution in [3.05, 3.63) is 39.5 Å². The number of halogens is 1. The Kier molecular flexibility index (Phi) is 6.93. The molecule has 0 spiro atoms. The largest absolute Gasteiger partial charge is 0.443 e. The van der Waals surface area contributed by atoms with Gasteiger partial charge in [-0.2, -0.15) is 0 Å². The van der Waals surface area contributed by atoms with Gasteiger partial charge >= 0.3 is 11.8 Å². The summed E-state index contributed by atoms with van der Waals surface area (Å²) in [5, 5.41) is 11.4. The van der Waals surface area contributed by atoms with E-state index in [1.807, 2.05) is 13.8 Å². The van der Waals surface area contributed by atoms with Gasteiger partial charge in [-0.25, -0.2) is 15.2 Å². The minimum absolute atomic E-state index is 0.0384. The van der Waals surface area contributed by atoms with Crippen LogP contribution in [0.4, 0.5) is 16.2 Å². The molecule has 0 aliphatic heterocycles. The monoisotopic (exact) mass is 368 g/mol. The highest BCUT2D eigenvalue weighted by Crippen LogP contribution is 2.36. The van der Waals surface area contributed by atoms with Crippen molar-refractivity contribution in [2.75, 3.05) is 5.43 Å². The number of carbonyl (C=O) groups excluding carboxylic acids is 1. The van der Waals surface area contributed by atoms with Crippen molar-refractivity contribution in [3.8, 4) is 0 Å². The summed E-state index contributed by atoms with van der Waals surface area (Å²) in [7, 11) is 0. The second-order valence-electron chi connectivity index (χ2n) is 5.65. The van der Waals surface area contributed by atoms with E-state index in [0.29, 0.717) is 10.9 Å². The highest BCUT2D eigenvalue weighted by Gasteiger charge is 2.25. The van der Waals surface area contributed by atoms with E-state index in [0.717, 1.165) is 0 Å². The number of fused-ring (bicyclic) bond motifs is 1. The van der Waals surface area contributed by atoms with Gasteiger partial charge in [0.25, 0.3) is 0 Å². The standard InChI is InChI=1S/C14H15ClN4O4.C2H6/c1-14(2,3)23-13(20)18-17-10-8-6-4-5-7-9(8)16-12(15)11(10)19(21)22;1-2/h4-7H,1-3H3,(H,16,17)(H,18,20);1-2H3. The van der Waals surface area contributed by atoms with Crippen LogP contribution in [0, 0.1) is 10.1 Å². The van der Waals surface area contributed by atoms with Gasteiger partial charge in [0, 0.05) is 5.39 Å².